The first-order valence-corrected chi connectivity index (χ1v) is 10.1. The third kappa shape index (κ3) is 6.00. The molecule has 0 aromatic heterocycles. The van der Waals surface area contributed by atoms with Gasteiger partial charge in [0, 0.05) is 23.5 Å². The molecule has 2 heterocycles. The minimum Gasteiger partial charge on any atom is -0.456 e. The van der Waals surface area contributed by atoms with Crippen molar-refractivity contribution in [2.24, 2.45) is 0 Å². The minimum absolute atomic E-state index is 0.00680. The number of carbonyl (C=O) groups excluding carboxylic acids is 2. The zero-order valence-corrected chi connectivity index (χ0v) is 18.5. The van der Waals surface area contributed by atoms with Gasteiger partial charge in [-0.15, -0.1) is 0 Å². The normalized spacial score (nSPS) is 24.7. The Balaban J connectivity index is 2.11. The number of nitrogens with one attached hydrogen (secondary N) is 2. The van der Waals surface area contributed by atoms with Gasteiger partial charge in [-0.25, -0.2) is 9.59 Å². The number of esters is 2. The van der Waals surface area contributed by atoms with Crippen molar-refractivity contribution in [2.45, 2.75) is 90.5 Å². The van der Waals surface area contributed by atoms with Crippen LogP contribution >= 0.6 is 0 Å². The largest absolute Gasteiger partial charge is 0.456 e. The van der Waals surface area contributed by atoms with Crippen molar-refractivity contribution in [3.8, 4) is 12.1 Å². The third-order valence-corrected chi connectivity index (χ3v) is 4.65. The smallest absolute Gasteiger partial charge is 0.351 e. The summed E-state index contributed by atoms with van der Waals surface area (Å²) in [7, 11) is 0. The van der Waals surface area contributed by atoms with Gasteiger partial charge in [-0.05, 0) is 67.2 Å². The van der Waals surface area contributed by atoms with E-state index < -0.39 is 23.1 Å². The van der Waals surface area contributed by atoms with Crippen LogP contribution in [0.5, 0.6) is 0 Å². The van der Waals surface area contributed by atoms with E-state index in [0.717, 1.165) is 12.8 Å². The number of nitrogens with zero attached hydrogens (tertiary/aromatic N) is 2. The molecule has 2 saturated heterocycles. The Labute approximate surface area is 177 Å². The molecule has 0 amide bonds. The molecule has 2 atom stereocenters. The van der Waals surface area contributed by atoms with Gasteiger partial charge in [-0.1, -0.05) is 0 Å². The minimum atomic E-state index is -0.681. The molecule has 0 saturated carbocycles. The van der Waals surface area contributed by atoms with Gasteiger partial charge in [0.15, 0.2) is 11.1 Å². The zero-order chi connectivity index (χ0) is 22.7. The van der Waals surface area contributed by atoms with Gasteiger partial charge in [0.05, 0.1) is 0 Å². The van der Waals surface area contributed by atoms with Gasteiger partial charge in [-0.2, -0.15) is 10.5 Å². The molecule has 0 aliphatic carbocycles. The Morgan fingerprint density at radius 1 is 0.800 bits per heavy atom. The van der Waals surface area contributed by atoms with Crippen LogP contribution in [0.1, 0.15) is 67.2 Å². The Kier molecular flexibility index (Phi) is 6.82. The maximum atomic E-state index is 12.3. The molecule has 0 bridgehead atoms. The van der Waals surface area contributed by atoms with Crippen molar-refractivity contribution in [3.63, 3.8) is 0 Å². The van der Waals surface area contributed by atoms with E-state index in [9.17, 15) is 20.1 Å². The molecule has 8 nitrogen and oxygen atoms in total. The first-order valence-electron chi connectivity index (χ1n) is 10.1. The van der Waals surface area contributed by atoms with E-state index in [4.69, 9.17) is 9.47 Å². The van der Waals surface area contributed by atoms with E-state index in [1.807, 2.05) is 12.1 Å². The van der Waals surface area contributed by atoms with Crippen LogP contribution in [-0.4, -0.2) is 35.2 Å². The molecule has 0 aromatic rings. The molecular weight excluding hydrogens is 384 g/mol. The average molecular weight is 415 g/mol. The Bertz CT molecular complexity index is 788. The molecule has 2 unspecified atom stereocenters. The lowest BCUT2D eigenvalue weighted by Crippen LogP contribution is -2.41. The second kappa shape index (κ2) is 8.79. The maximum absolute atomic E-state index is 12.3. The summed E-state index contributed by atoms with van der Waals surface area (Å²) in [5, 5.41) is 25.4. The van der Waals surface area contributed by atoms with Crippen molar-refractivity contribution in [1.29, 1.82) is 10.5 Å². The van der Waals surface area contributed by atoms with Gasteiger partial charge >= 0.3 is 11.9 Å². The lowest BCUT2D eigenvalue weighted by atomic mass is 10.0. The average Bonchev–Trinajstić information content (AvgIpc) is 3.22. The van der Waals surface area contributed by atoms with Crippen molar-refractivity contribution in [1.82, 2.24) is 10.6 Å². The number of carbonyl (C=O) groups is 2. The number of hydrogen-bond acceptors (Lipinski definition) is 8. The number of allylic oxidation sites excluding steroid dienone is 2. The fourth-order valence-corrected chi connectivity index (χ4v) is 3.46. The highest BCUT2D eigenvalue weighted by Crippen LogP contribution is 2.29. The predicted molar refractivity (Wildman–Crippen MR) is 109 cm³/mol. The van der Waals surface area contributed by atoms with Crippen LogP contribution in [0.2, 0.25) is 0 Å². The molecule has 0 aromatic carbocycles. The van der Waals surface area contributed by atoms with Gasteiger partial charge < -0.3 is 20.1 Å². The second-order valence-electron chi connectivity index (χ2n) is 9.51. The summed E-state index contributed by atoms with van der Waals surface area (Å²) in [4.78, 5) is 24.6. The predicted octanol–water partition coefficient (Wildman–Crippen LogP) is 2.73. The zero-order valence-electron chi connectivity index (χ0n) is 18.5. The topological polar surface area (TPSA) is 124 Å². The van der Waals surface area contributed by atoms with Crippen molar-refractivity contribution in [2.75, 3.05) is 0 Å². The quantitative estimate of drug-likeness (QED) is 0.410. The van der Waals surface area contributed by atoms with Crippen LogP contribution < -0.4 is 10.6 Å². The van der Waals surface area contributed by atoms with Crippen LogP contribution in [0.15, 0.2) is 22.5 Å². The van der Waals surface area contributed by atoms with Crippen molar-refractivity contribution < 1.29 is 19.1 Å². The number of rotatable bonds is 3. The van der Waals surface area contributed by atoms with Crippen LogP contribution in [0, 0.1) is 22.7 Å². The summed E-state index contributed by atoms with van der Waals surface area (Å²) < 4.78 is 10.6. The van der Waals surface area contributed by atoms with Crippen molar-refractivity contribution >= 4 is 11.9 Å². The van der Waals surface area contributed by atoms with Gasteiger partial charge in [0.1, 0.15) is 23.3 Å². The van der Waals surface area contributed by atoms with E-state index in [2.05, 4.69) is 10.6 Å². The van der Waals surface area contributed by atoms with Gasteiger partial charge in [0.25, 0.3) is 0 Å². The van der Waals surface area contributed by atoms with E-state index in [0.29, 0.717) is 24.2 Å². The fourth-order valence-electron chi connectivity index (χ4n) is 3.46. The summed E-state index contributed by atoms with van der Waals surface area (Å²) in [6, 6.07) is 3.87. The molecule has 162 valence electrons. The summed E-state index contributed by atoms with van der Waals surface area (Å²) >= 11 is 0. The van der Waals surface area contributed by atoms with E-state index in [1.165, 1.54) is 0 Å². The molecule has 2 N–H and O–H groups in total. The summed E-state index contributed by atoms with van der Waals surface area (Å²) in [5.41, 5.74) is -0.229. The van der Waals surface area contributed by atoms with Crippen molar-refractivity contribution in [3.05, 3.63) is 22.5 Å². The van der Waals surface area contributed by atoms with E-state index in [-0.39, 0.29) is 23.2 Å². The van der Waals surface area contributed by atoms with Gasteiger partial charge in [-0.3, -0.25) is 0 Å². The lowest BCUT2D eigenvalue weighted by Gasteiger charge is -2.22. The molecule has 2 aliphatic rings. The Morgan fingerprint density at radius 3 is 1.40 bits per heavy atom. The lowest BCUT2D eigenvalue weighted by molar-refractivity contribution is -0.150. The molecule has 2 aliphatic heterocycles. The number of ether oxygens (including phenoxy) is 2. The molecule has 2 rings (SSSR count). The first kappa shape index (κ1) is 23.3. The Hall–Kier alpha value is -3.00. The second-order valence-corrected chi connectivity index (χ2v) is 9.51. The monoisotopic (exact) mass is 414 g/mol. The fraction of sp³-hybridized carbons (Fsp3) is 0.636. The maximum Gasteiger partial charge on any atom is 0.351 e. The highest BCUT2D eigenvalue weighted by atomic mass is 16.6. The summed E-state index contributed by atoms with van der Waals surface area (Å²) in [6.45, 7) is 10.5. The molecule has 0 radical (unpaired) electrons. The van der Waals surface area contributed by atoms with Gasteiger partial charge in [0.2, 0.25) is 0 Å². The molecule has 30 heavy (non-hydrogen) atoms. The number of hydrogen-bond donors (Lipinski definition) is 2. The highest BCUT2D eigenvalue weighted by molar-refractivity contribution is 5.94. The standard InChI is InChI=1S/C22H30N4O4/c1-21(2,3)29-19(27)13(11-23)15-7-9-17(25-15)18-10-8-16(26-18)14(12-24)20(28)30-22(4,5)6/h17-18,25-26H,7-10H2,1-6H3/b15-13-,16-14+. The highest BCUT2D eigenvalue weighted by Gasteiger charge is 2.35. The SMILES string of the molecule is CC(C)(C)OC(=O)/C(C#N)=C1/CCC(C2CC/C(=C(/C#N)C(=O)OC(C)(C)C)N2)N1. The van der Waals surface area contributed by atoms with Crippen LogP contribution in [0.25, 0.3) is 0 Å². The Morgan fingerprint density at radius 2 is 1.13 bits per heavy atom. The van der Waals surface area contributed by atoms with Crippen LogP contribution in [0.3, 0.4) is 0 Å². The molecule has 2 fully saturated rings. The molecular formula is C22H30N4O4. The molecule has 0 spiro atoms. The number of nitriles is 2. The third-order valence-electron chi connectivity index (χ3n) is 4.65. The summed E-state index contributed by atoms with van der Waals surface area (Å²) in [5.74, 6) is -1.27. The van der Waals surface area contributed by atoms with Crippen LogP contribution in [-0.2, 0) is 19.1 Å². The van der Waals surface area contributed by atoms with E-state index >= 15 is 0 Å². The summed E-state index contributed by atoms with van der Waals surface area (Å²) in [6.07, 6.45) is 2.56. The first-order chi connectivity index (χ1) is 13.8. The molecule has 8 heteroatoms. The van der Waals surface area contributed by atoms with E-state index in [1.54, 1.807) is 41.5 Å². The van der Waals surface area contributed by atoms with Crippen LogP contribution in [0.4, 0.5) is 0 Å².